The van der Waals surface area contributed by atoms with Gasteiger partial charge in [-0.3, -0.25) is 9.59 Å². The Morgan fingerprint density at radius 3 is 2.71 bits per heavy atom. The Hall–Kier alpha value is -2.18. The van der Waals surface area contributed by atoms with E-state index in [0.29, 0.717) is 38.2 Å². The molecule has 2 aliphatic rings. The molecule has 0 radical (unpaired) electrons. The third-order valence-corrected chi connectivity index (χ3v) is 4.74. The van der Waals surface area contributed by atoms with Crippen LogP contribution in [0.5, 0.6) is 0 Å². The fraction of sp³-hybridized carbons (Fsp3) is 0.529. The molecule has 2 heterocycles. The Bertz CT molecular complexity index is 653. The minimum absolute atomic E-state index is 0.0888. The average molecular weight is 337 g/mol. The zero-order valence-corrected chi connectivity index (χ0v) is 13.6. The number of nitrogens with zero attached hydrogens (tertiary/aromatic N) is 2. The molecular weight excluding hydrogens is 316 g/mol. The molecule has 2 saturated heterocycles. The van der Waals surface area contributed by atoms with Crippen molar-refractivity contribution in [2.24, 2.45) is 0 Å². The Kier molecular flexibility index (Phi) is 4.69. The molecule has 0 spiro atoms. The molecule has 0 saturated carbocycles. The van der Waals surface area contributed by atoms with Crippen LogP contribution >= 0.6 is 0 Å². The van der Waals surface area contributed by atoms with E-state index in [2.05, 4.69) is 5.32 Å². The molecule has 130 valence electrons. The Morgan fingerprint density at radius 2 is 2.00 bits per heavy atom. The Balaban J connectivity index is 1.60. The van der Waals surface area contributed by atoms with E-state index in [1.807, 2.05) is 0 Å². The van der Waals surface area contributed by atoms with Gasteiger partial charge in [0, 0.05) is 38.7 Å². The first-order valence-corrected chi connectivity index (χ1v) is 8.23. The van der Waals surface area contributed by atoms with Crippen molar-refractivity contribution in [1.29, 1.82) is 0 Å². The van der Waals surface area contributed by atoms with Gasteiger partial charge in [-0.05, 0) is 31.4 Å². The van der Waals surface area contributed by atoms with E-state index in [0.717, 1.165) is 12.5 Å². The topological polar surface area (TPSA) is 52.7 Å². The minimum atomic E-state index is -0.606. The van der Waals surface area contributed by atoms with Gasteiger partial charge in [-0.1, -0.05) is 0 Å². The largest absolute Gasteiger partial charge is 0.367 e. The van der Waals surface area contributed by atoms with Crippen molar-refractivity contribution in [2.75, 3.05) is 24.5 Å². The second-order valence-electron chi connectivity index (χ2n) is 6.41. The number of hydrogen-bond donors (Lipinski definition) is 1. The molecule has 0 unspecified atom stereocenters. The second-order valence-corrected chi connectivity index (χ2v) is 6.41. The van der Waals surface area contributed by atoms with Gasteiger partial charge in [0.1, 0.15) is 17.7 Å². The SMILES string of the molecule is CC(=O)N1CCC[C@@H]1C(=O)N[C@H]1CCN(c2ccc(F)cc2F)C1. The van der Waals surface area contributed by atoms with Crippen molar-refractivity contribution in [1.82, 2.24) is 10.2 Å². The van der Waals surface area contributed by atoms with E-state index < -0.39 is 17.7 Å². The van der Waals surface area contributed by atoms with Crippen molar-refractivity contribution in [2.45, 2.75) is 38.3 Å². The van der Waals surface area contributed by atoms with Crippen LogP contribution in [0.2, 0.25) is 0 Å². The smallest absolute Gasteiger partial charge is 0.243 e. The predicted octanol–water partition coefficient (Wildman–Crippen LogP) is 1.67. The first kappa shape index (κ1) is 16.7. The first-order chi connectivity index (χ1) is 11.5. The molecule has 1 aromatic carbocycles. The summed E-state index contributed by atoms with van der Waals surface area (Å²) in [5, 5.41) is 2.97. The lowest BCUT2D eigenvalue weighted by Crippen LogP contribution is -2.49. The molecule has 24 heavy (non-hydrogen) atoms. The van der Waals surface area contributed by atoms with Gasteiger partial charge in [0.15, 0.2) is 0 Å². The van der Waals surface area contributed by atoms with Crippen molar-refractivity contribution in [3.05, 3.63) is 29.8 Å². The maximum atomic E-state index is 13.9. The molecule has 0 aliphatic carbocycles. The summed E-state index contributed by atoms with van der Waals surface area (Å²) in [6.45, 7) is 3.15. The summed E-state index contributed by atoms with van der Waals surface area (Å²) in [5.74, 6) is -1.44. The van der Waals surface area contributed by atoms with Crippen LogP contribution in [0, 0.1) is 11.6 Å². The molecule has 2 fully saturated rings. The molecule has 2 aliphatic heterocycles. The zero-order valence-electron chi connectivity index (χ0n) is 13.6. The van der Waals surface area contributed by atoms with Crippen LogP contribution in [-0.2, 0) is 9.59 Å². The number of likely N-dealkylation sites (tertiary alicyclic amines) is 1. The molecule has 1 aromatic rings. The summed E-state index contributed by atoms with van der Waals surface area (Å²) >= 11 is 0. The van der Waals surface area contributed by atoms with Crippen molar-refractivity contribution in [3.63, 3.8) is 0 Å². The highest BCUT2D eigenvalue weighted by Gasteiger charge is 2.34. The van der Waals surface area contributed by atoms with Crippen molar-refractivity contribution >= 4 is 17.5 Å². The highest BCUT2D eigenvalue weighted by Crippen LogP contribution is 2.25. The third kappa shape index (κ3) is 3.34. The van der Waals surface area contributed by atoms with Gasteiger partial charge in [0.25, 0.3) is 0 Å². The molecule has 2 atom stereocenters. The number of nitrogens with one attached hydrogen (secondary N) is 1. The standard InChI is InChI=1S/C17H21F2N3O2/c1-11(23)22-7-2-3-16(22)17(24)20-13-6-8-21(10-13)15-5-4-12(18)9-14(15)19/h4-5,9,13,16H,2-3,6-8,10H2,1H3,(H,20,24)/t13-,16+/m0/s1. The number of benzene rings is 1. The monoisotopic (exact) mass is 337 g/mol. The van der Waals surface area contributed by atoms with E-state index >= 15 is 0 Å². The van der Waals surface area contributed by atoms with Crippen LogP contribution in [-0.4, -0.2) is 48.4 Å². The van der Waals surface area contributed by atoms with Crippen LogP contribution < -0.4 is 10.2 Å². The van der Waals surface area contributed by atoms with Gasteiger partial charge in [-0.25, -0.2) is 8.78 Å². The van der Waals surface area contributed by atoms with Crippen LogP contribution in [0.3, 0.4) is 0 Å². The average Bonchev–Trinajstić information content (AvgIpc) is 3.16. The van der Waals surface area contributed by atoms with Crippen molar-refractivity contribution < 1.29 is 18.4 Å². The normalized spacial score (nSPS) is 23.6. The molecule has 3 rings (SSSR count). The molecule has 7 heteroatoms. The third-order valence-electron chi connectivity index (χ3n) is 4.74. The highest BCUT2D eigenvalue weighted by molar-refractivity contribution is 5.87. The fourth-order valence-corrected chi connectivity index (χ4v) is 3.55. The van der Waals surface area contributed by atoms with Gasteiger partial charge in [0.05, 0.1) is 5.69 Å². The van der Waals surface area contributed by atoms with Gasteiger partial charge < -0.3 is 15.1 Å². The van der Waals surface area contributed by atoms with Gasteiger partial charge in [0.2, 0.25) is 11.8 Å². The maximum absolute atomic E-state index is 13.9. The molecule has 0 bridgehead atoms. The van der Waals surface area contributed by atoms with E-state index in [1.165, 1.54) is 19.1 Å². The van der Waals surface area contributed by atoms with Crippen LogP contribution in [0.4, 0.5) is 14.5 Å². The zero-order chi connectivity index (χ0) is 17.3. The Morgan fingerprint density at radius 1 is 1.21 bits per heavy atom. The molecule has 1 N–H and O–H groups in total. The number of carbonyl (C=O) groups is 2. The number of carbonyl (C=O) groups excluding carboxylic acids is 2. The quantitative estimate of drug-likeness (QED) is 0.913. The van der Waals surface area contributed by atoms with Gasteiger partial charge >= 0.3 is 0 Å². The molecular formula is C17H21F2N3O2. The van der Waals surface area contributed by atoms with Crippen molar-refractivity contribution in [3.8, 4) is 0 Å². The van der Waals surface area contributed by atoms with Gasteiger partial charge in [-0.2, -0.15) is 0 Å². The first-order valence-electron chi connectivity index (χ1n) is 8.23. The minimum Gasteiger partial charge on any atom is -0.367 e. The van der Waals surface area contributed by atoms with Crippen LogP contribution in [0.25, 0.3) is 0 Å². The van der Waals surface area contributed by atoms with E-state index in [9.17, 15) is 18.4 Å². The summed E-state index contributed by atoms with van der Waals surface area (Å²) in [6, 6.07) is 3.01. The van der Waals surface area contributed by atoms with E-state index in [4.69, 9.17) is 0 Å². The fourth-order valence-electron chi connectivity index (χ4n) is 3.55. The maximum Gasteiger partial charge on any atom is 0.243 e. The summed E-state index contributed by atoms with van der Waals surface area (Å²) in [5.41, 5.74) is 0.347. The molecule has 2 amide bonds. The number of anilines is 1. The second kappa shape index (κ2) is 6.75. The van der Waals surface area contributed by atoms with Gasteiger partial charge in [-0.15, -0.1) is 0 Å². The number of amides is 2. The summed E-state index contributed by atoms with van der Waals surface area (Å²) < 4.78 is 26.9. The summed E-state index contributed by atoms with van der Waals surface area (Å²) in [6.07, 6.45) is 2.19. The lowest BCUT2D eigenvalue weighted by Gasteiger charge is -2.24. The van der Waals surface area contributed by atoms with E-state index in [1.54, 1.807) is 9.80 Å². The Labute approximate surface area is 139 Å². The number of rotatable bonds is 3. The van der Waals surface area contributed by atoms with Crippen LogP contribution in [0.15, 0.2) is 18.2 Å². The van der Waals surface area contributed by atoms with Crippen LogP contribution in [0.1, 0.15) is 26.2 Å². The lowest BCUT2D eigenvalue weighted by molar-refractivity contribution is -0.137. The molecule has 5 nitrogen and oxygen atoms in total. The number of halogens is 2. The number of hydrogen-bond acceptors (Lipinski definition) is 3. The lowest BCUT2D eigenvalue weighted by atomic mass is 10.1. The summed E-state index contributed by atoms with van der Waals surface area (Å²) in [7, 11) is 0. The highest BCUT2D eigenvalue weighted by atomic mass is 19.1. The molecule has 0 aromatic heterocycles. The van der Waals surface area contributed by atoms with E-state index in [-0.39, 0.29) is 17.9 Å². The predicted molar refractivity (Wildman–Crippen MR) is 85.5 cm³/mol. The summed E-state index contributed by atoms with van der Waals surface area (Å²) in [4.78, 5) is 27.4.